The summed E-state index contributed by atoms with van der Waals surface area (Å²) >= 11 is 0. The Kier molecular flexibility index (Phi) is 8.41. The molecule has 0 saturated heterocycles. The van der Waals surface area contributed by atoms with Gasteiger partial charge in [-0.2, -0.15) is 0 Å². The SMILES string of the molecule is CC1(C)c2ccccc2-c2ccc(N(c3ccc4c(c3)C(C)(C)c3cc(-c5cccc6ccccc56)ccc3-4)c3ccc4c(c3)C(C3=CC=CCC3)(c3ccccc3)c3ccccc3-4)cc21. The second kappa shape index (κ2) is 14.3. The van der Waals surface area contributed by atoms with Crippen molar-refractivity contribution in [3.05, 3.63) is 257 Å². The smallest absolute Gasteiger partial charge is 0.0677 e. The van der Waals surface area contributed by atoms with Crippen molar-refractivity contribution in [2.45, 2.75) is 56.8 Å². The Hall–Kier alpha value is -7.48. The van der Waals surface area contributed by atoms with Crippen LogP contribution in [0.15, 0.2) is 218 Å². The molecule has 0 aliphatic heterocycles. The third kappa shape index (κ3) is 5.41. The number of benzene rings is 9. The largest absolute Gasteiger partial charge is 0.310 e. The number of allylic oxidation sites excluding steroid dienone is 4. The second-order valence-electron chi connectivity index (χ2n) is 19.9. The van der Waals surface area contributed by atoms with Crippen LogP contribution in [0.5, 0.6) is 0 Å². The van der Waals surface area contributed by atoms with Crippen molar-refractivity contribution in [3.63, 3.8) is 0 Å². The van der Waals surface area contributed by atoms with Gasteiger partial charge in [0.25, 0.3) is 0 Å². The van der Waals surface area contributed by atoms with Crippen molar-refractivity contribution in [1.29, 1.82) is 0 Å². The molecule has 0 spiro atoms. The third-order valence-electron chi connectivity index (χ3n) is 15.8. The lowest BCUT2D eigenvalue weighted by molar-refractivity contribution is 0.660. The number of hydrogen-bond acceptors (Lipinski definition) is 1. The van der Waals surface area contributed by atoms with Crippen LogP contribution < -0.4 is 4.90 Å². The van der Waals surface area contributed by atoms with Gasteiger partial charge >= 0.3 is 0 Å². The lowest BCUT2D eigenvalue weighted by atomic mass is 9.65. The van der Waals surface area contributed by atoms with E-state index in [1.165, 1.54) is 105 Å². The fourth-order valence-corrected chi connectivity index (χ4v) is 12.6. The summed E-state index contributed by atoms with van der Waals surface area (Å²) in [5.74, 6) is 0. The van der Waals surface area contributed by atoms with Gasteiger partial charge in [0.05, 0.1) is 5.41 Å². The molecule has 0 fully saturated rings. The maximum atomic E-state index is 2.55. The van der Waals surface area contributed by atoms with Crippen LogP contribution in [0.3, 0.4) is 0 Å². The van der Waals surface area contributed by atoms with Crippen LogP contribution in [0.1, 0.15) is 79.5 Å². The average Bonchev–Trinajstić information content (AvgIpc) is 3.88. The molecule has 0 aromatic heterocycles. The van der Waals surface area contributed by atoms with Crippen molar-refractivity contribution >= 4 is 27.8 Å². The fourth-order valence-electron chi connectivity index (χ4n) is 12.6. The molecule has 1 heteroatoms. The normalized spacial score (nSPS) is 17.6. The summed E-state index contributed by atoms with van der Waals surface area (Å²) in [6.07, 6.45) is 9.04. The summed E-state index contributed by atoms with van der Waals surface area (Å²) in [6, 6.07) is 73.8. The Morgan fingerprint density at radius 1 is 0.394 bits per heavy atom. The maximum absolute atomic E-state index is 2.55. The molecular formula is C65H51N. The molecule has 1 unspecified atom stereocenters. The topological polar surface area (TPSA) is 3.24 Å². The van der Waals surface area contributed by atoms with Gasteiger partial charge in [-0.1, -0.05) is 203 Å². The molecule has 316 valence electrons. The number of hydrogen-bond donors (Lipinski definition) is 0. The summed E-state index contributed by atoms with van der Waals surface area (Å²) < 4.78 is 0. The van der Waals surface area contributed by atoms with Gasteiger partial charge in [0.15, 0.2) is 0 Å². The first-order valence-corrected chi connectivity index (χ1v) is 23.7. The van der Waals surface area contributed by atoms with Gasteiger partial charge in [0.2, 0.25) is 0 Å². The summed E-state index contributed by atoms with van der Waals surface area (Å²) in [6.45, 7) is 9.61. The minimum absolute atomic E-state index is 0.139. The Balaban J connectivity index is 1.02. The molecule has 0 amide bonds. The summed E-state index contributed by atoms with van der Waals surface area (Å²) in [7, 11) is 0. The van der Waals surface area contributed by atoms with Gasteiger partial charge in [-0.3, -0.25) is 0 Å². The van der Waals surface area contributed by atoms with Gasteiger partial charge in [-0.15, -0.1) is 0 Å². The maximum Gasteiger partial charge on any atom is 0.0677 e. The molecule has 9 aromatic rings. The number of anilines is 3. The molecule has 1 atom stereocenters. The first-order chi connectivity index (χ1) is 32.2. The fraction of sp³-hybridized carbons (Fsp3) is 0.138. The molecule has 4 aliphatic rings. The van der Waals surface area contributed by atoms with E-state index >= 15 is 0 Å². The molecule has 13 rings (SSSR count). The van der Waals surface area contributed by atoms with Crippen LogP contribution in [0.4, 0.5) is 17.1 Å². The predicted octanol–water partition coefficient (Wildman–Crippen LogP) is 17.2. The molecule has 9 aromatic carbocycles. The van der Waals surface area contributed by atoms with Gasteiger partial charge in [-0.25, -0.2) is 0 Å². The van der Waals surface area contributed by atoms with E-state index in [2.05, 4.69) is 245 Å². The average molecular weight is 846 g/mol. The van der Waals surface area contributed by atoms with Crippen molar-refractivity contribution < 1.29 is 0 Å². The Bertz CT molecular complexity index is 3540. The van der Waals surface area contributed by atoms with E-state index in [0.717, 1.165) is 24.2 Å². The molecule has 0 bridgehead atoms. The first-order valence-electron chi connectivity index (χ1n) is 23.7. The molecule has 0 N–H and O–H groups in total. The van der Waals surface area contributed by atoms with E-state index in [1.54, 1.807) is 0 Å². The molecule has 4 aliphatic carbocycles. The minimum Gasteiger partial charge on any atom is -0.310 e. The predicted molar refractivity (Wildman–Crippen MR) is 277 cm³/mol. The van der Waals surface area contributed by atoms with Gasteiger partial charge in [-0.05, 0) is 150 Å². The second-order valence-corrected chi connectivity index (χ2v) is 19.9. The van der Waals surface area contributed by atoms with Gasteiger partial charge in [0.1, 0.15) is 0 Å². The van der Waals surface area contributed by atoms with E-state index in [0.29, 0.717) is 0 Å². The summed E-state index contributed by atoms with van der Waals surface area (Å²) in [5, 5.41) is 2.56. The lowest BCUT2D eigenvalue weighted by Crippen LogP contribution is -2.30. The zero-order valence-corrected chi connectivity index (χ0v) is 38.1. The number of fused-ring (bicyclic) bond motifs is 10. The Morgan fingerprint density at radius 2 is 0.894 bits per heavy atom. The molecule has 1 nitrogen and oxygen atoms in total. The molecule has 0 saturated carbocycles. The van der Waals surface area contributed by atoms with E-state index in [4.69, 9.17) is 0 Å². The highest BCUT2D eigenvalue weighted by atomic mass is 15.1. The molecule has 66 heavy (non-hydrogen) atoms. The third-order valence-corrected chi connectivity index (χ3v) is 15.8. The molecular weight excluding hydrogens is 795 g/mol. The number of nitrogens with zero attached hydrogens (tertiary/aromatic N) is 1. The van der Waals surface area contributed by atoms with E-state index in [1.807, 2.05) is 0 Å². The van der Waals surface area contributed by atoms with Crippen LogP contribution in [-0.2, 0) is 16.2 Å². The highest BCUT2D eigenvalue weighted by Crippen LogP contribution is 2.60. The highest BCUT2D eigenvalue weighted by molar-refractivity contribution is 5.98. The minimum atomic E-state index is -0.426. The Labute approximate surface area is 389 Å². The van der Waals surface area contributed by atoms with E-state index < -0.39 is 5.41 Å². The van der Waals surface area contributed by atoms with Crippen LogP contribution in [0.2, 0.25) is 0 Å². The Morgan fingerprint density at radius 3 is 1.58 bits per heavy atom. The zero-order valence-electron chi connectivity index (χ0n) is 38.1. The zero-order chi connectivity index (χ0) is 44.4. The quantitative estimate of drug-likeness (QED) is 0.161. The standard InChI is InChI=1S/C65H51N/c1-63(2)57-28-15-13-25-51(57)54-35-31-46(39-60(54)63)66(47-32-36-55-53-34-30-43(38-59(53)64(3,4)61(55)40-47)50-27-17-19-42-18-11-12-24-49(42)50)48-33-37-56-52-26-14-16-29-58(52)65(62(56)41-48,44-20-7-5-8-21-44)45-22-9-6-10-23-45/h5-9,11-22,24-41H,10,23H2,1-4H3. The van der Waals surface area contributed by atoms with E-state index in [9.17, 15) is 0 Å². The van der Waals surface area contributed by atoms with Crippen LogP contribution in [0, 0.1) is 0 Å². The van der Waals surface area contributed by atoms with Crippen molar-refractivity contribution in [2.24, 2.45) is 0 Å². The van der Waals surface area contributed by atoms with Crippen molar-refractivity contribution in [3.8, 4) is 44.5 Å². The van der Waals surface area contributed by atoms with Crippen LogP contribution >= 0.6 is 0 Å². The number of rotatable bonds is 6. The monoisotopic (exact) mass is 845 g/mol. The summed E-state index contributed by atoms with van der Waals surface area (Å²) in [5.41, 5.74) is 24.2. The summed E-state index contributed by atoms with van der Waals surface area (Å²) in [4.78, 5) is 2.55. The van der Waals surface area contributed by atoms with Crippen LogP contribution in [0.25, 0.3) is 55.3 Å². The van der Waals surface area contributed by atoms with Gasteiger partial charge < -0.3 is 4.90 Å². The highest BCUT2D eigenvalue weighted by Gasteiger charge is 2.47. The molecule has 0 heterocycles. The van der Waals surface area contributed by atoms with Crippen LogP contribution in [-0.4, -0.2) is 0 Å². The first kappa shape index (κ1) is 38.9. The van der Waals surface area contributed by atoms with E-state index in [-0.39, 0.29) is 10.8 Å². The van der Waals surface area contributed by atoms with Crippen molar-refractivity contribution in [1.82, 2.24) is 0 Å². The molecule has 0 radical (unpaired) electrons. The van der Waals surface area contributed by atoms with Crippen molar-refractivity contribution in [2.75, 3.05) is 4.90 Å². The lowest BCUT2D eigenvalue weighted by Gasteiger charge is -2.37. The van der Waals surface area contributed by atoms with Gasteiger partial charge in [0, 0.05) is 27.9 Å².